The Labute approximate surface area is 256 Å². The van der Waals surface area contributed by atoms with Crippen molar-refractivity contribution in [3.05, 3.63) is 72.1 Å². The standard InChI is InChI=1S/C27H24N6O2S3.2ClH/c1-17(34)33-12-8-18(9-13-33)25-30-27(38-32-25)31-26-22(35-19-5-3-2-4-6-19)15-20(16-29-26)37-23-7-11-28-21-10-14-36-24(21)23;;/h2-7,10-11,14-16,18H,8-9,12-13H2,1H3,(H,29,30,31,32);2*1H. The molecule has 5 heterocycles. The Balaban J connectivity index is 0.00000185. The number of carbonyl (C=O) groups excluding carboxylic acids is 1. The van der Waals surface area contributed by atoms with Crippen molar-refractivity contribution in [3.63, 3.8) is 0 Å². The summed E-state index contributed by atoms with van der Waals surface area (Å²) in [5.41, 5.74) is 0.992. The van der Waals surface area contributed by atoms with Gasteiger partial charge in [0.25, 0.3) is 0 Å². The number of pyridine rings is 2. The Morgan fingerprint density at radius 3 is 2.67 bits per heavy atom. The van der Waals surface area contributed by atoms with Crippen LogP contribution in [0.5, 0.6) is 11.5 Å². The van der Waals surface area contributed by atoms with Crippen molar-refractivity contribution in [3.8, 4) is 11.5 Å². The number of carbonyl (C=O) groups is 1. The highest BCUT2D eigenvalue weighted by molar-refractivity contribution is 7.99. The van der Waals surface area contributed by atoms with Crippen LogP contribution in [0.1, 0.15) is 31.5 Å². The van der Waals surface area contributed by atoms with E-state index < -0.39 is 0 Å². The lowest BCUT2D eigenvalue weighted by atomic mass is 9.96. The van der Waals surface area contributed by atoms with Gasteiger partial charge in [-0.25, -0.2) is 9.97 Å². The van der Waals surface area contributed by atoms with Crippen molar-refractivity contribution in [1.82, 2.24) is 24.2 Å². The van der Waals surface area contributed by atoms with Gasteiger partial charge in [-0.1, -0.05) is 30.0 Å². The predicted molar refractivity (Wildman–Crippen MR) is 166 cm³/mol. The minimum absolute atomic E-state index is 0. The van der Waals surface area contributed by atoms with Gasteiger partial charge in [0.1, 0.15) is 11.6 Å². The number of rotatable bonds is 7. The second-order valence-corrected chi connectivity index (χ2v) is 11.6. The molecule has 8 nitrogen and oxygen atoms in total. The van der Waals surface area contributed by atoms with Gasteiger partial charge in [-0.3, -0.25) is 9.78 Å². The van der Waals surface area contributed by atoms with E-state index in [2.05, 4.69) is 20.1 Å². The molecule has 0 bridgehead atoms. The van der Waals surface area contributed by atoms with Gasteiger partial charge in [0.2, 0.25) is 11.0 Å². The van der Waals surface area contributed by atoms with Gasteiger partial charge in [0, 0.05) is 65.7 Å². The van der Waals surface area contributed by atoms with Crippen LogP contribution in [-0.4, -0.2) is 43.2 Å². The molecule has 0 spiro atoms. The average Bonchev–Trinajstić information content (AvgIpc) is 3.61. The largest absolute Gasteiger partial charge is 0.453 e. The van der Waals surface area contributed by atoms with E-state index in [1.165, 1.54) is 11.5 Å². The summed E-state index contributed by atoms with van der Waals surface area (Å²) in [6.45, 7) is 3.11. The van der Waals surface area contributed by atoms with Crippen molar-refractivity contribution in [2.24, 2.45) is 0 Å². The van der Waals surface area contributed by atoms with Crippen molar-refractivity contribution in [1.29, 1.82) is 0 Å². The summed E-state index contributed by atoms with van der Waals surface area (Å²) in [6, 6.07) is 15.7. The number of halogens is 2. The maximum atomic E-state index is 11.6. The number of ether oxygens (including phenoxy) is 1. The number of fused-ring (bicyclic) bond motifs is 1. The first kappa shape index (κ1) is 30.0. The summed E-state index contributed by atoms with van der Waals surface area (Å²) in [7, 11) is 0. The fourth-order valence-electron chi connectivity index (χ4n) is 4.33. The Bertz CT molecular complexity index is 1580. The number of hydrogen-bond donors (Lipinski definition) is 1. The highest BCUT2D eigenvalue weighted by Gasteiger charge is 2.25. The van der Waals surface area contributed by atoms with Crippen LogP contribution in [0.3, 0.4) is 0 Å². The van der Waals surface area contributed by atoms with E-state index in [1.54, 1.807) is 30.0 Å². The van der Waals surface area contributed by atoms with E-state index in [-0.39, 0.29) is 36.6 Å². The molecule has 1 fully saturated rings. The van der Waals surface area contributed by atoms with Crippen LogP contribution in [0.15, 0.2) is 76.1 Å². The SMILES string of the molecule is CC(=O)N1CCC(c2nsc(Nc3ncc(Sc4ccnc5ccsc45)cc3Oc3ccccc3)n2)CC1.Cl.Cl. The van der Waals surface area contributed by atoms with E-state index in [1.807, 2.05) is 65.8 Å². The van der Waals surface area contributed by atoms with Gasteiger partial charge in [-0.2, -0.15) is 4.37 Å². The smallest absolute Gasteiger partial charge is 0.219 e. The maximum absolute atomic E-state index is 11.6. The van der Waals surface area contributed by atoms with E-state index in [0.717, 1.165) is 57.5 Å². The molecule has 1 aliphatic rings. The Kier molecular flexibility index (Phi) is 10.2. The number of benzene rings is 1. The molecule has 1 N–H and O–H groups in total. The Hall–Kier alpha value is -2.96. The zero-order valence-corrected chi connectivity index (χ0v) is 25.4. The minimum atomic E-state index is 0. The third-order valence-electron chi connectivity index (χ3n) is 6.31. The molecule has 5 aromatic rings. The molecule has 13 heteroatoms. The molecule has 6 rings (SSSR count). The van der Waals surface area contributed by atoms with Gasteiger partial charge in [-0.15, -0.1) is 36.2 Å². The van der Waals surface area contributed by atoms with Crippen LogP contribution in [0.4, 0.5) is 10.9 Å². The number of aromatic nitrogens is 4. The Morgan fingerprint density at radius 1 is 1.10 bits per heavy atom. The predicted octanol–water partition coefficient (Wildman–Crippen LogP) is 7.80. The van der Waals surface area contributed by atoms with Crippen molar-refractivity contribution >= 4 is 86.5 Å². The summed E-state index contributed by atoms with van der Waals surface area (Å²) in [4.78, 5) is 29.5. The first-order chi connectivity index (χ1) is 18.6. The van der Waals surface area contributed by atoms with E-state index in [4.69, 9.17) is 14.7 Å². The molecule has 0 aliphatic carbocycles. The molecular formula is C27H26Cl2N6O2S3. The zero-order chi connectivity index (χ0) is 25.9. The van der Waals surface area contributed by atoms with Crippen LogP contribution < -0.4 is 10.1 Å². The number of thiophene rings is 1. The molecule has 1 aliphatic heterocycles. The lowest BCUT2D eigenvalue weighted by Crippen LogP contribution is -2.36. The summed E-state index contributed by atoms with van der Waals surface area (Å²) in [5.74, 6) is 3.08. The van der Waals surface area contributed by atoms with Gasteiger partial charge in [0.15, 0.2) is 11.6 Å². The first-order valence-electron chi connectivity index (χ1n) is 12.2. The highest BCUT2D eigenvalue weighted by Crippen LogP contribution is 2.39. The highest BCUT2D eigenvalue weighted by atomic mass is 35.5. The fourth-order valence-corrected chi connectivity index (χ4v) is 6.86. The van der Waals surface area contributed by atoms with Gasteiger partial charge in [0.05, 0.1) is 10.2 Å². The molecule has 1 amide bonds. The molecule has 208 valence electrons. The first-order valence-corrected chi connectivity index (χ1v) is 14.7. The lowest BCUT2D eigenvalue weighted by molar-refractivity contribution is -0.129. The van der Waals surface area contributed by atoms with E-state index >= 15 is 0 Å². The molecule has 1 saturated heterocycles. The second kappa shape index (κ2) is 13.6. The molecule has 0 atom stereocenters. The number of para-hydroxylation sites is 1. The molecule has 4 aromatic heterocycles. The molecular weight excluding hydrogens is 607 g/mol. The number of nitrogens with zero attached hydrogens (tertiary/aromatic N) is 5. The van der Waals surface area contributed by atoms with Crippen LogP contribution in [0, 0.1) is 0 Å². The zero-order valence-electron chi connectivity index (χ0n) is 21.4. The molecule has 0 radical (unpaired) electrons. The second-order valence-electron chi connectivity index (χ2n) is 8.84. The molecule has 1 aromatic carbocycles. The van der Waals surface area contributed by atoms with Gasteiger partial charge >= 0.3 is 0 Å². The monoisotopic (exact) mass is 632 g/mol. The number of piperidine rings is 1. The summed E-state index contributed by atoms with van der Waals surface area (Å²) in [6.07, 6.45) is 5.41. The van der Waals surface area contributed by atoms with Crippen LogP contribution in [0.25, 0.3) is 10.2 Å². The van der Waals surface area contributed by atoms with Crippen molar-refractivity contribution in [2.45, 2.75) is 35.5 Å². The van der Waals surface area contributed by atoms with E-state index in [9.17, 15) is 4.79 Å². The summed E-state index contributed by atoms with van der Waals surface area (Å²) < 4.78 is 12.0. The van der Waals surface area contributed by atoms with Gasteiger partial charge in [-0.05, 0) is 42.5 Å². The number of amides is 1. The average molecular weight is 634 g/mol. The normalized spacial score (nSPS) is 13.4. The van der Waals surface area contributed by atoms with E-state index in [0.29, 0.717) is 16.7 Å². The lowest BCUT2D eigenvalue weighted by Gasteiger charge is -2.29. The summed E-state index contributed by atoms with van der Waals surface area (Å²) in [5, 5.41) is 6.04. The number of hydrogen-bond acceptors (Lipinski definition) is 10. The molecule has 0 saturated carbocycles. The fraction of sp³-hybridized carbons (Fsp3) is 0.222. The third kappa shape index (κ3) is 6.84. The number of likely N-dealkylation sites (tertiary alicyclic amines) is 1. The van der Waals surface area contributed by atoms with Crippen LogP contribution in [0.2, 0.25) is 0 Å². The number of anilines is 2. The maximum Gasteiger partial charge on any atom is 0.219 e. The Morgan fingerprint density at radius 2 is 1.90 bits per heavy atom. The van der Waals surface area contributed by atoms with Crippen LogP contribution in [-0.2, 0) is 4.79 Å². The van der Waals surface area contributed by atoms with Crippen molar-refractivity contribution < 1.29 is 9.53 Å². The molecule has 0 unspecified atom stereocenters. The number of nitrogens with one attached hydrogen (secondary N) is 1. The minimum Gasteiger partial charge on any atom is -0.453 e. The van der Waals surface area contributed by atoms with Crippen molar-refractivity contribution in [2.75, 3.05) is 18.4 Å². The quantitative estimate of drug-likeness (QED) is 0.194. The topological polar surface area (TPSA) is 93.1 Å². The summed E-state index contributed by atoms with van der Waals surface area (Å²) >= 11 is 4.62. The molecule has 40 heavy (non-hydrogen) atoms. The van der Waals surface area contributed by atoms with Crippen LogP contribution >= 0.6 is 59.4 Å². The third-order valence-corrected chi connectivity index (χ3v) is 9.04. The van der Waals surface area contributed by atoms with Gasteiger partial charge < -0.3 is 15.0 Å².